The van der Waals surface area contributed by atoms with E-state index in [-0.39, 0.29) is 17.6 Å². The number of nitrogens with one attached hydrogen (secondary N) is 1. The quantitative estimate of drug-likeness (QED) is 0.806. The highest BCUT2D eigenvalue weighted by Gasteiger charge is 2.21. The lowest BCUT2D eigenvalue weighted by atomic mass is 10.1. The van der Waals surface area contributed by atoms with Crippen LogP contribution in [0.15, 0.2) is 24.3 Å². The molecule has 0 aliphatic carbocycles. The highest BCUT2D eigenvalue weighted by molar-refractivity contribution is 5.94. The molecule has 1 fully saturated rings. The second-order valence-corrected chi connectivity index (χ2v) is 5.50. The third-order valence-corrected chi connectivity index (χ3v) is 3.71. The van der Waals surface area contributed by atoms with Crippen LogP contribution in [0.5, 0.6) is 0 Å². The number of piperidine rings is 1. The van der Waals surface area contributed by atoms with Crippen LogP contribution in [0.25, 0.3) is 0 Å². The van der Waals surface area contributed by atoms with Crippen molar-refractivity contribution in [1.29, 1.82) is 0 Å². The van der Waals surface area contributed by atoms with E-state index in [1.165, 1.54) is 24.3 Å². The summed E-state index contributed by atoms with van der Waals surface area (Å²) in [5, 5.41) is 12.2. The molecule has 2 rings (SSSR count). The molecule has 1 heterocycles. The van der Waals surface area contributed by atoms with E-state index in [2.05, 4.69) is 5.32 Å². The number of likely N-dealkylation sites (tertiary alicyclic amines) is 1. The first-order chi connectivity index (χ1) is 10.6. The molecule has 1 aliphatic rings. The Balaban J connectivity index is 1.67. The molecule has 0 saturated carbocycles. The normalized spacial score (nSPS) is 18.1. The predicted molar refractivity (Wildman–Crippen MR) is 79.8 cm³/mol. The summed E-state index contributed by atoms with van der Waals surface area (Å²) in [5.74, 6) is -0.651. The molecule has 1 unspecified atom stereocenters. The molecule has 0 bridgehead atoms. The largest absolute Gasteiger partial charge is 0.391 e. The summed E-state index contributed by atoms with van der Waals surface area (Å²) in [6, 6.07) is 5.32. The fourth-order valence-corrected chi connectivity index (χ4v) is 2.48. The average molecular weight is 308 g/mol. The minimum Gasteiger partial charge on any atom is -0.391 e. The van der Waals surface area contributed by atoms with Crippen molar-refractivity contribution in [3.63, 3.8) is 0 Å². The van der Waals surface area contributed by atoms with Gasteiger partial charge in [0.15, 0.2) is 0 Å². The fourth-order valence-electron chi connectivity index (χ4n) is 2.48. The van der Waals surface area contributed by atoms with E-state index in [0.29, 0.717) is 38.0 Å². The number of carbonyl (C=O) groups excluding carboxylic acids is 2. The van der Waals surface area contributed by atoms with Gasteiger partial charge in [-0.15, -0.1) is 0 Å². The van der Waals surface area contributed by atoms with Gasteiger partial charge in [0.05, 0.1) is 6.10 Å². The molecule has 22 heavy (non-hydrogen) atoms. The first-order valence-corrected chi connectivity index (χ1v) is 7.56. The zero-order valence-electron chi connectivity index (χ0n) is 12.4. The first kappa shape index (κ1) is 16.4. The summed E-state index contributed by atoms with van der Waals surface area (Å²) >= 11 is 0. The minimum atomic E-state index is -0.420. The van der Waals surface area contributed by atoms with Crippen LogP contribution in [0.3, 0.4) is 0 Å². The van der Waals surface area contributed by atoms with Gasteiger partial charge in [0, 0.05) is 31.6 Å². The van der Waals surface area contributed by atoms with E-state index in [1.54, 1.807) is 4.90 Å². The van der Waals surface area contributed by atoms with E-state index in [0.717, 1.165) is 12.8 Å². The average Bonchev–Trinajstić information content (AvgIpc) is 2.51. The van der Waals surface area contributed by atoms with Crippen molar-refractivity contribution in [3.8, 4) is 0 Å². The van der Waals surface area contributed by atoms with Gasteiger partial charge in [-0.05, 0) is 43.5 Å². The van der Waals surface area contributed by atoms with E-state index in [1.807, 2.05) is 0 Å². The van der Waals surface area contributed by atoms with Crippen molar-refractivity contribution in [3.05, 3.63) is 35.6 Å². The number of β-amino-alcohol motifs (C(OH)–C–C–N with tert-alkyl or cyclic N) is 1. The number of halogens is 1. The molecule has 5 nitrogen and oxygen atoms in total. The summed E-state index contributed by atoms with van der Waals surface area (Å²) < 4.78 is 12.8. The number of benzene rings is 1. The van der Waals surface area contributed by atoms with Gasteiger partial charge in [0.1, 0.15) is 5.82 Å². The highest BCUT2D eigenvalue weighted by Crippen LogP contribution is 2.11. The number of hydrogen-bond donors (Lipinski definition) is 2. The molecule has 0 spiro atoms. The lowest BCUT2D eigenvalue weighted by Gasteiger charge is -2.30. The third kappa shape index (κ3) is 4.80. The van der Waals surface area contributed by atoms with Gasteiger partial charge in [-0.3, -0.25) is 9.59 Å². The molecule has 1 aromatic carbocycles. The molecule has 120 valence electrons. The van der Waals surface area contributed by atoms with E-state index >= 15 is 0 Å². The topological polar surface area (TPSA) is 69.6 Å². The number of rotatable bonds is 5. The molecule has 1 saturated heterocycles. The van der Waals surface area contributed by atoms with Crippen molar-refractivity contribution >= 4 is 11.8 Å². The summed E-state index contributed by atoms with van der Waals surface area (Å²) in [6.07, 6.45) is 2.04. The Morgan fingerprint density at radius 1 is 1.32 bits per heavy atom. The lowest BCUT2D eigenvalue weighted by molar-refractivity contribution is -0.134. The zero-order chi connectivity index (χ0) is 15.9. The van der Waals surface area contributed by atoms with Gasteiger partial charge in [0.25, 0.3) is 5.91 Å². The van der Waals surface area contributed by atoms with Crippen LogP contribution in [0.2, 0.25) is 0 Å². The van der Waals surface area contributed by atoms with Gasteiger partial charge in [-0.1, -0.05) is 0 Å². The van der Waals surface area contributed by atoms with Crippen LogP contribution in [0.4, 0.5) is 4.39 Å². The van der Waals surface area contributed by atoms with Crippen LogP contribution in [0.1, 0.15) is 36.0 Å². The Bertz CT molecular complexity index is 519. The smallest absolute Gasteiger partial charge is 0.251 e. The fraction of sp³-hybridized carbons (Fsp3) is 0.500. The van der Waals surface area contributed by atoms with Gasteiger partial charge in [-0.25, -0.2) is 4.39 Å². The third-order valence-electron chi connectivity index (χ3n) is 3.71. The highest BCUT2D eigenvalue weighted by atomic mass is 19.1. The second kappa shape index (κ2) is 7.89. The zero-order valence-corrected chi connectivity index (χ0v) is 12.4. The first-order valence-electron chi connectivity index (χ1n) is 7.56. The number of aliphatic hydroxyl groups is 1. The minimum absolute atomic E-state index is 0.00906. The summed E-state index contributed by atoms with van der Waals surface area (Å²) in [7, 11) is 0. The van der Waals surface area contributed by atoms with E-state index < -0.39 is 6.10 Å². The van der Waals surface area contributed by atoms with Gasteiger partial charge in [0.2, 0.25) is 5.91 Å². The molecule has 2 N–H and O–H groups in total. The summed E-state index contributed by atoms with van der Waals surface area (Å²) in [4.78, 5) is 25.4. The number of carbonyl (C=O) groups is 2. The predicted octanol–water partition coefficient (Wildman–Crippen LogP) is 1.32. The molecule has 1 atom stereocenters. The van der Waals surface area contributed by atoms with Gasteiger partial charge >= 0.3 is 0 Å². The Morgan fingerprint density at radius 3 is 2.73 bits per heavy atom. The number of hydrogen-bond acceptors (Lipinski definition) is 3. The second-order valence-electron chi connectivity index (χ2n) is 5.50. The molecule has 6 heteroatoms. The van der Waals surface area contributed by atoms with Crippen molar-refractivity contribution in [1.82, 2.24) is 10.2 Å². The van der Waals surface area contributed by atoms with Gasteiger partial charge < -0.3 is 15.3 Å². The maximum Gasteiger partial charge on any atom is 0.251 e. The molecule has 1 aliphatic heterocycles. The lowest BCUT2D eigenvalue weighted by Crippen LogP contribution is -2.42. The molecular formula is C16H21FN2O3. The molecule has 1 aromatic rings. The Morgan fingerprint density at radius 2 is 2.05 bits per heavy atom. The van der Waals surface area contributed by atoms with Crippen LogP contribution in [-0.4, -0.2) is 47.6 Å². The maximum absolute atomic E-state index is 12.8. The van der Waals surface area contributed by atoms with Crippen molar-refractivity contribution in [2.24, 2.45) is 0 Å². The standard InChI is InChI=1S/C16H21FN2O3/c17-13-7-5-12(6-8-13)16(22)18-9-1-4-15(21)19-10-2-3-14(20)11-19/h5-8,14,20H,1-4,9-11H2,(H,18,22). The number of nitrogens with zero attached hydrogens (tertiary/aromatic N) is 1. The monoisotopic (exact) mass is 308 g/mol. The van der Waals surface area contributed by atoms with Crippen LogP contribution < -0.4 is 5.32 Å². The SMILES string of the molecule is O=C(NCCCC(=O)N1CCCC(O)C1)c1ccc(F)cc1. The maximum atomic E-state index is 12.8. The Hall–Kier alpha value is -1.95. The number of amides is 2. The summed E-state index contributed by atoms with van der Waals surface area (Å²) in [6.45, 7) is 1.48. The number of aliphatic hydroxyl groups excluding tert-OH is 1. The van der Waals surface area contributed by atoms with Crippen LogP contribution >= 0.6 is 0 Å². The van der Waals surface area contributed by atoms with E-state index in [4.69, 9.17) is 0 Å². The van der Waals surface area contributed by atoms with Crippen molar-refractivity contribution in [2.45, 2.75) is 31.8 Å². The Labute approximate surface area is 129 Å². The Kier molecular flexibility index (Phi) is 5.89. The van der Waals surface area contributed by atoms with Crippen LogP contribution in [-0.2, 0) is 4.79 Å². The molecule has 0 aromatic heterocycles. The molecular weight excluding hydrogens is 287 g/mol. The molecule has 2 amide bonds. The molecule has 0 radical (unpaired) electrons. The summed E-state index contributed by atoms with van der Waals surface area (Å²) in [5.41, 5.74) is 0.395. The van der Waals surface area contributed by atoms with Gasteiger partial charge in [-0.2, -0.15) is 0 Å². The van der Waals surface area contributed by atoms with Crippen molar-refractivity contribution < 1.29 is 19.1 Å². The van der Waals surface area contributed by atoms with E-state index in [9.17, 15) is 19.1 Å². The van der Waals surface area contributed by atoms with Crippen molar-refractivity contribution in [2.75, 3.05) is 19.6 Å². The van der Waals surface area contributed by atoms with Crippen LogP contribution in [0, 0.1) is 5.82 Å².